The summed E-state index contributed by atoms with van der Waals surface area (Å²) in [7, 11) is 0. The van der Waals surface area contributed by atoms with Gasteiger partial charge >= 0.3 is 0 Å². The molecule has 0 spiro atoms. The lowest BCUT2D eigenvalue weighted by Gasteiger charge is -2.14. The predicted octanol–water partition coefficient (Wildman–Crippen LogP) is 7.06. The summed E-state index contributed by atoms with van der Waals surface area (Å²) in [5.74, 6) is 1.73. The summed E-state index contributed by atoms with van der Waals surface area (Å²) in [5.41, 5.74) is 1.54. The first-order chi connectivity index (χ1) is 9.29. The lowest BCUT2D eigenvalue weighted by molar-refractivity contribution is 0.533. The molecule has 0 N–H and O–H groups in total. The van der Waals surface area contributed by atoms with Crippen molar-refractivity contribution in [3.8, 4) is 0 Å². The highest BCUT2D eigenvalue weighted by Crippen LogP contribution is 2.38. The molecule has 0 aromatic heterocycles. The first-order valence-electron chi connectivity index (χ1n) is 8.34. The van der Waals surface area contributed by atoms with Crippen molar-refractivity contribution in [2.24, 2.45) is 5.92 Å². The van der Waals surface area contributed by atoms with E-state index in [0.29, 0.717) is 0 Å². The predicted molar refractivity (Wildman–Crippen MR) is 90.9 cm³/mol. The third-order valence-electron chi connectivity index (χ3n) is 3.09. The zero-order valence-corrected chi connectivity index (χ0v) is 14.4. The largest absolute Gasteiger partial charge is 0.0683 e. The van der Waals surface area contributed by atoms with Crippen LogP contribution < -0.4 is 0 Å². The SMILES string of the molecule is CC.CC.CC1CCCC1c1ccccc1.CCC. The molecule has 2 unspecified atom stereocenters. The van der Waals surface area contributed by atoms with Crippen LogP contribution in [0.2, 0.25) is 0 Å². The maximum Gasteiger partial charge on any atom is -0.0136 e. The van der Waals surface area contributed by atoms with Crippen LogP contribution in [0, 0.1) is 5.92 Å². The summed E-state index contributed by atoms with van der Waals surface area (Å²) in [4.78, 5) is 0. The smallest absolute Gasteiger partial charge is 0.0136 e. The minimum atomic E-state index is 0.839. The van der Waals surface area contributed by atoms with Crippen molar-refractivity contribution in [2.75, 3.05) is 0 Å². The average molecular weight is 264 g/mol. The van der Waals surface area contributed by atoms with E-state index in [-0.39, 0.29) is 0 Å². The summed E-state index contributed by atoms with van der Waals surface area (Å²) in [6.07, 6.45) is 5.48. The van der Waals surface area contributed by atoms with Crippen molar-refractivity contribution in [1.29, 1.82) is 0 Å². The molecule has 1 aliphatic carbocycles. The Labute approximate surface area is 122 Å². The number of hydrogen-bond donors (Lipinski definition) is 0. The molecule has 19 heavy (non-hydrogen) atoms. The van der Waals surface area contributed by atoms with Crippen molar-refractivity contribution in [1.82, 2.24) is 0 Å². The normalized spacial score (nSPS) is 19.9. The molecule has 0 nitrogen and oxygen atoms in total. The summed E-state index contributed by atoms with van der Waals surface area (Å²) >= 11 is 0. The van der Waals surface area contributed by atoms with Crippen LogP contribution in [0.1, 0.15) is 85.6 Å². The molecule has 0 heterocycles. The molecule has 0 radical (unpaired) electrons. The van der Waals surface area contributed by atoms with E-state index in [0.717, 1.165) is 11.8 Å². The highest BCUT2D eigenvalue weighted by Gasteiger charge is 2.24. The van der Waals surface area contributed by atoms with Gasteiger partial charge in [-0.25, -0.2) is 0 Å². The van der Waals surface area contributed by atoms with Gasteiger partial charge in [-0.15, -0.1) is 0 Å². The van der Waals surface area contributed by atoms with E-state index in [4.69, 9.17) is 0 Å². The second-order valence-electron chi connectivity index (χ2n) is 4.63. The molecule has 1 fully saturated rings. The minimum absolute atomic E-state index is 0.839. The van der Waals surface area contributed by atoms with Gasteiger partial charge in [0.2, 0.25) is 0 Å². The van der Waals surface area contributed by atoms with Crippen molar-refractivity contribution in [2.45, 2.75) is 80.1 Å². The Morgan fingerprint density at radius 1 is 0.895 bits per heavy atom. The van der Waals surface area contributed by atoms with E-state index in [9.17, 15) is 0 Å². The zero-order valence-electron chi connectivity index (χ0n) is 14.4. The highest BCUT2D eigenvalue weighted by atomic mass is 14.3. The van der Waals surface area contributed by atoms with E-state index >= 15 is 0 Å². The maximum atomic E-state index is 2.38. The second-order valence-corrected chi connectivity index (χ2v) is 4.63. The van der Waals surface area contributed by atoms with E-state index in [1.54, 1.807) is 5.56 Å². The molecule has 112 valence electrons. The van der Waals surface area contributed by atoms with Crippen LogP contribution in [0.4, 0.5) is 0 Å². The topological polar surface area (TPSA) is 0 Å². The molecule has 2 rings (SSSR count). The summed E-state index contributed by atoms with van der Waals surface area (Å²) in [6.45, 7) is 14.6. The Hall–Kier alpha value is -0.780. The number of rotatable bonds is 1. The molecule has 1 aromatic rings. The summed E-state index contributed by atoms with van der Waals surface area (Å²) < 4.78 is 0. The molecule has 1 saturated carbocycles. The van der Waals surface area contributed by atoms with Crippen LogP contribution in [0.25, 0.3) is 0 Å². The van der Waals surface area contributed by atoms with Crippen molar-refractivity contribution in [3.63, 3.8) is 0 Å². The monoisotopic (exact) mass is 264 g/mol. The standard InChI is InChI=1S/C12H16.C3H8.2C2H6/c1-10-6-5-9-12(10)11-7-3-2-4-8-11;1-3-2;2*1-2/h2-4,7-8,10,12H,5-6,9H2,1H3;3H2,1-2H3;2*1-2H3. The minimum Gasteiger partial charge on any atom is -0.0683 e. The van der Waals surface area contributed by atoms with Crippen LogP contribution in [-0.4, -0.2) is 0 Å². The van der Waals surface area contributed by atoms with Crippen LogP contribution in [-0.2, 0) is 0 Å². The maximum absolute atomic E-state index is 2.38. The van der Waals surface area contributed by atoms with Gasteiger partial charge in [-0.1, -0.05) is 98.1 Å². The lowest BCUT2D eigenvalue weighted by Crippen LogP contribution is -2.00. The fourth-order valence-electron chi connectivity index (χ4n) is 2.34. The molecule has 0 bridgehead atoms. The van der Waals surface area contributed by atoms with Crippen LogP contribution >= 0.6 is 0 Å². The van der Waals surface area contributed by atoms with Crippen molar-refractivity contribution in [3.05, 3.63) is 35.9 Å². The first kappa shape index (κ1) is 20.5. The van der Waals surface area contributed by atoms with Gasteiger partial charge in [0.25, 0.3) is 0 Å². The Kier molecular flexibility index (Phi) is 16.5. The molecule has 0 amide bonds. The van der Waals surface area contributed by atoms with Crippen molar-refractivity contribution >= 4 is 0 Å². The van der Waals surface area contributed by atoms with Crippen LogP contribution in [0.5, 0.6) is 0 Å². The van der Waals surface area contributed by atoms with E-state index in [1.807, 2.05) is 27.7 Å². The van der Waals surface area contributed by atoms with Crippen molar-refractivity contribution < 1.29 is 0 Å². The number of hydrogen-bond acceptors (Lipinski definition) is 0. The van der Waals surface area contributed by atoms with E-state index in [1.165, 1.54) is 25.7 Å². The summed E-state index contributed by atoms with van der Waals surface area (Å²) in [6, 6.07) is 10.9. The van der Waals surface area contributed by atoms with Crippen LogP contribution in [0.15, 0.2) is 30.3 Å². The molecule has 0 aliphatic heterocycles. The molecule has 1 aromatic carbocycles. The van der Waals surface area contributed by atoms with Gasteiger partial charge in [-0.2, -0.15) is 0 Å². The molecule has 2 atom stereocenters. The Bertz CT molecular complexity index is 250. The molecule has 0 heteroatoms. The van der Waals surface area contributed by atoms with Gasteiger partial charge in [-0.05, 0) is 23.8 Å². The van der Waals surface area contributed by atoms with E-state index in [2.05, 4.69) is 51.1 Å². The average Bonchev–Trinajstić information content (AvgIpc) is 2.91. The number of benzene rings is 1. The van der Waals surface area contributed by atoms with E-state index < -0.39 is 0 Å². The van der Waals surface area contributed by atoms with Gasteiger partial charge in [0.15, 0.2) is 0 Å². The van der Waals surface area contributed by atoms with Gasteiger partial charge < -0.3 is 0 Å². The molecular formula is C19H36. The third kappa shape index (κ3) is 8.86. The van der Waals surface area contributed by atoms with Gasteiger partial charge in [0.05, 0.1) is 0 Å². The van der Waals surface area contributed by atoms with Gasteiger partial charge in [-0.3, -0.25) is 0 Å². The fourth-order valence-corrected chi connectivity index (χ4v) is 2.34. The molecule has 0 saturated heterocycles. The zero-order chi connectivity index (χ0) is 15.1. The Balaban J connectivity index is 0. The second kappa shape index (κ2) is 15.3. The van der Waals surface area contributed by atoms with Gasteiger partial charge in [0.1, 0.15) is 0 Å². The summed E-state index contributed by atoms with van der Waals surface area (Å²) in [5, 5.41) is 0. The quantitative estimate of drug-likeness (QED) is 0.509. The molecule has 1 aliphatic rings. The Morgan fingerprint density at radius 2 is 1.37 bits per heavy atom. The van der Waals surface area contributed by atoms with Crippen LogP contribution in [0.3, 0.4) is 0 Å². The lowest BCUT2D eigenvalue weighted by atomic mass is 9.90. The first-order valence-corrected chi connectivity index (χ1v) is 8.34. The Morgan fingerprint density at radius 3 is 1.74 bits per heavy atom. The highest BCUT2D eigenvalue weighted by molar-refractivity contribution is 5.20. The third-order valence-corrected chi connectivity index (χ3v) is 3.09. The fraction of sp³-hybridized carbons (Fsp3) is 0.684. The molecular weight excluding hydrogens is 228 g/mol. The van der Waals surface area contributed by atoms with Gasteiger partial charge in [0, 0.05) is 0 Å².